The summed E-state index contributed by atoms with van der Waals surface area (Å²) in [5.41, 5.74) is 8.00. The van der Waals surface area contributed by atoms with Crippen LogP contribution in [0.25, 0.3) is 0 Å². The molecule has 0 heterocycles. The summed E-state index contributed by atoms with van der Waals surface area (Å²) in [5, 5.41) is 5.25. The number of carbonyl (C=O) groups is 3. The van der Waals surface area contributed by atoms with E-state index in [1.807, 2.05) is 68.4 Å². The van der Waals surface area contributed by atoms with E-state index in [1.54, 1.807) is 6.92 Å². The van der Waals surface area contributed by atoms with Crippen molar-refractivity contribution in [2.24, 2.45) is 11.7 Å². The van der Waals surface area contributed by atoms with Gasteiger partial charge in [0.2, 0.25) is 11.8 Å². The molecule has 184 valence electrons. The molecule has 0 spiro atoms. The third-order valence-corrected chi connectivity index (χ3v) is 5.23. The lowest BCUT2D eigenvalue weighted by Gasteiger charge is -2.22. The van der Waals surface area contributed by atoms with Crippen LogP contribution < -0.4 is 21.1 Å². The van der Waals surface area contributed by atoms with Crippen molar-refractivity contribution in [1.29, 1.82) is 0 Å². The third kappa shape index (κ3) is 8.86. The zero-order valence-electron chi connectivity index (χ0n) is 20.2. The molecule has 0 fully saturated rings. The van der Waals surface area contributed by atoms with Crippen molar-refractivity contribution in [2.75, 3.05) is 7.11 Å². The van der Waals surface area contributed by atoms with Gasteiger partial charge >= 0.3 is 5.97 Å². The van der Waals surface area contributed by atoms with Gasteiger partial charge in [-0.25, -0.2) is 4.79 Å². The number of carbonyl (C=O) groups excluding carboxylic acids is 3. The van der Waals surface area contributed by atoms with Gasteiger partial charge < -0.3 is 25.8 Å². The van der Waals surface area contributed by atoms with E-state index < -0.39 is 35.9 Å². The fourth-order valence-electron chi connectivity index (χ4n) is 3.32. The van der Waals surface area contributed by atoms with Gasteiger partial charge in [-0.15, -0.1) is 0 Å². The van der Waals surface area contributed by atoms with Gasteiger partial charge in [0, 0.05) is 0 Å². The predicted octanol–water partition coefficient (Wildman–Crippen LogP) is 2.34. The molecule has 8 heteroatoms. The first kappa shape index (κ1) is 26.9. The van der Waals surface area contributed by atoms with Crippen molar-refractivity contribution < 1.29 is 23.9 Å². The van der Waals surface area contributed by atoms with Gasteiger partial charge in [-0.2, -0.15) is 0 Å². The molecule has 34 heavy (non-hydrogen) atoms. The SMILES string of the molecule is COC(=O)[C@H](CC(C)C)NC(=O)[C@@H](C)NC(=O)[C@@H](N)Cc1ccc(OCc2ccccc2)cc1. The van der Waals surface area contributed by atoms with Crippen LogP contribution in [0.4, 0.5) is 0 Å². The van der Waals surface area contributed by atoms with Crippen LogP contribution in [0.1, 0.15) is 38.3 Å². The molecular formula is C26H35N3O5. The molecule has 0 radical (unpaired) electrons. The lowest BCUT2D eigenvalue weighted by atomic mass is 10.0. The van der Waals surface area contributed by atoms with E-state index in [9.17, 15) is 14.4 Å². The number of rotatable bonds is 12. The van der Waals surface area contributed by atoms with E-state index in [4.69, 9.17) is 15.2 Å². The van der Waals surface area contributed by atoms with Gasteiger partial charge in [0.25, 0.3) is 0 Å². The third-order valence-electron chi connectivity index (χ3n) is 5.23. The molecule has 0 aliphatic carbocycles. The van der Waals surface area contributed by atoms with Gasteiger partial charge in [-0.05, 0) is 48.9 Å². The molecule has 3 atom stereocenters. The number of benzene rings is 2. The zero-order valence-corrected chi connectivity index (χ0v) is 20.2. The van der Waals surface area contributed by atoms with E-state index in [0.717, 1.165) is 16.9 Å². The van der Waals surface area contributed by atoms with E-state index in [1.165, 1.54) is 7.11 Å². The summed E-state index contributed by atoms with van der Waals surface area (Å²) in [5.74, 6) is -0.550. The van der Waals surface area contributed by atoms with Crippen LogP contribution >= 0.6 is 0 Å². The maximum atomic E-state index is 12.5. The summed E-state index contributed by atoms with van der Waals surface area (Å²) in [6.07, 6.45) is 0.737. The molecule has 0 saturated heterocycles. The van der Waals surface area contributed by atoms with Crippen LogP contribution in [-0.2, 0) is 32.1 Å². The number of ether oxygens (including phenoxy) is 2. The first-order chi connectivity index (χ1) is 16.2. The Morgan fingerprint density at radius 3 is 2.12 bits per heavy atom. The summed E-state index contributed by atoms with van der Waals surface area (Å²) in [6, 6.07) is 14.8. The first-order valence-electron chi connectivity index (χ1n) is 11.4. The minimum Gasteiger partial charge on any atom is -0.489 e. The minimum atomic E-state index is -0.855. The minimum absolute atomic E-state index is 0.179. The van der Waals surface area contributed by atoms with E-state index in [0.29, 0.717) is 19.4 Å². The molecule has 0 aliphatic heterocycles. The van der Waals surface area contributed by atoms with Crippen molar-refractivity contribution in [3.8, 4) is 5.75 Å². The van der Waals surface area contributed by atoms with Gasteiger partial charge in [0.15, 0.2) is 0 Å². The average Bonchev–Trinajstić information content (AvgIpc) is 2.82. The number of esters is 1. The molecule has 0 saturated carbocycles. The van der Waals surface area contributed by atoms with Gasteiger partial charge in [-0.3, -0.25) is 9.59 Å². The number of amides is 2. The maximum absolute atomic E-state index is 12.5. The fraction of sp³-hybridized carbons (Fsp3) is 0.423. The highest BCUT2D eigenvalue weighted by Gasteiger charge is 2.26. The molecular weight excluding hydrogens is 434 g/mol. The average molecular weight is 470 g/mol. The van der Waals surface area contributed by atoms with Crippen LogP contribution in [0.5, 0.6) is 5.75 Å². The molecule has 4 N–H and O–H groups in total. The Balaban J connectivity index is 1.83. The van der Waals surface area contributed by atoms with Gasteiger partial charge in [0.1, 0.15) is 24.4 Å². The number of hydrogen-bond donors (Lipinski definition) is 3. The van der Waals surface area contributed by atoms with Crippen LogP contribution in [0.2, 0.25) is 0 Å². The first-order valence-corrected chi connectivity index (χ1v) is 11.4. The normalized spacial score (nSPS) is 13.5. The number of nitrogens with two attached hydrogens (primary N) is 1. The lowest BCUT2D eigenvalue weighted by Crippen LogP contribution is -2.53. The van der Waals surface area contributed by atoms with Crippen LogP contribution in [-0.4, -0.2) is 43.0 Å². The second-order valence-electron chi connectivity index (χ2n) is 8.67. The largest absolute Gasteiger partial charge is 0.489 e. The number of nitrogens with one attached hydrogen (secondary N) is 2. The smallest absolute Gasteiger partial charge is 0.328 e. The Morgan fingerprint density at radius 1 is 0.882 bits per heavy atom. The summed E-state index contributed by atoms with van der Waals surface area (Å²) in [6.45, 7) is 5.89. The monoisotopic (exact) mass is 469 g/mol. The molecule has 0 unspecified atom stereocenters. The highest BCUT2D eigenvalue weighted by atomic mass is 16.5. The molecule has 0 aromatic heterocycles. The lowest BCUT2D eigenvalue weighted by molar-refractivity contribution is -0.145. The molecule has 0 aliphatic rings. The topological polar surface area (TPSA) is 120 Å². The molecule has 2 aromatic carbocycles. The Bertz CT molecular complexity index is 931. The van der Waals surface area contributed by atoms with Crippen molar-refractivity contribution in [1.82, 2.24) is 10.6 Å². The fourth-order valence-corrected chi connectivity index (χ4v) is 3.32. The quantitative estimate of drug-likeness (QED) is 0.411. The van der Waals surface area contributed by atoms with Gasteiger partial charge in [0.05, 0.1) is 13.2 Å². The zero-order chi connectivity index (χ0) is 25.1. The highest BCUT2D eigenvalue weighted by Crippen LogP contribution is 2.15. The molecule has 0 bridgehead atoms. The predicted molar refractivity (Wildman–Crippen MR) is 130 cm³/mol. The summed E-state index contributed by atoms with van der Waals surface area (Å²) in [4.78, 5) is 36.9. The molecule has 2 rings (SSSR count). The second-order valence-corrected chi connectivity index (χ2v) is 8.67. The summed E-state index contributed by atoms with van der Waals surface area (Å²) in [7, 11) is 1.27. The van der Waals surface area contributed by atoms with Crippen molar-refractivity contribution in [2.45, 2.75) is 58.3 Å². The van der Waals surface area contributed by atoms with Crippen molar-refractivity contribution in [3.05, 3.63) is 65.7 Å². The Morgan fingerprint density at radius 2 is 1.53 bits per heavy atom. The Kier molecular flexibility index (Phi) is 10.5. The summed E-state index contributed by atoms with van der Waals surface area (Å²) < 4.78 is 10.5. The Hall–Kier alpha value is -3.39. The maximum Gasteiger partial charge on any atom is 0.328 e. The van der Waals surface area contributed by atoms with Crippen LogP contribution in [0, 0.1) is 5.92 Å². The number of hydrogen-bond acceptors (Lipinski definition) is 6. The van der Waals surface area contributed by atoms with Crippen LogP contribution in [0.15, 0.2) is 54.6 Å². The van der Waals surface area contributed by atoms with E-state index >= 15 is 0 Å². The van der Waals surface area contributed by atoms with E-state index in [-0.39, 0.29) is 5.92 Å². The van der Waals surface area contributed by atoms with Crippen LogP contribution in [0.3, 0.4) is 0 Å². The molecule has 8 nitrogen and oxygen atoms in total. The van der Waals surface area contributed by atoms with Crippen molar-refractivity contribution in [3.63, 3.8) is 0 Å². The highest BCUT2D eigenvalue weighted by molar-refractivity contribution is 5.91. The number of methoxy groups -OCH3 is 1. The van der Waals surface area contributed by atoms with Crippen molar-refractivity contribution >= 4 is 17.8 Å². The molecule has 2 amide bonds. The van der Waals surface area contributed by atoms with Gasteiger partial charge in [-0.1, -0.05) is 56.3 Å². The Labute approximate surface area is 201 Å². The van der Waals surface area contributed by atoms with E-state index in [2.05, 4.69) is 10.6 Å². The molecule has 2 aromatic rings. The standard InChI is InChI=1S/C26H35N3O5/c1-17(2)14-23(26(32)33-4)29-24(30)18(3)28-25(31)22(27)15-19-10-12-21(13-11-19)34-16-20-8-6-5-7-9-20/h5-13,17-18,22-23H,14-16,27H2,1-4H3,(H,28,31)(H,29,30)/t18-,22+,23+/m1/s1. The second kappa shape index (κ2) is 13.3. The summed E-state index contributed by atoms with van der Waals surface area (Å²) >= 11 is 0.